The van der Waals surface area contributed by atoms with Gasteiger partial charge in [-0.05, 0) is 50.6 Å². The number of halogens is 1. The number of fused-ring (bicyclic) bond motifs is 2. The Kier molecular flexibility index (Phi) is 6.75. The molecule has 0 bridgehead atoms. The maximum absolute atomic E-state index is 13.9. The van der Waals surface area contributed by atoms with Gasteiger partial charge in [-0.1, -0.05) is 11.6 Å². The van der Waals surface area contributed by atoms with Gasteiger partial charge in [0.25, 0.3) is 5.91 Å². The van der Waals surface area contributed by atoms with Gasteiger partial charge in [0.1, 0.15) is 5.54 Å². The Labute approximate surface area is 234 Å². The molecule has 12 heteroatoms. The number of aromatic nitrogens is 2. The van der Waals surface area contributed by atoms with E-state index in [4.69, 9.17) is 17.3 Å². The molecule has 0 radical (unpaired) electrons. The van der Waals surface area contributed by atoms with E-state index in [0.29, 0.717) is 35.2 Å². The molecule has 3 aliphatic rings. The number of rotatable bonds is 5. The minimum absolute atomic E-state index is 0.0814. The highest BCUT2D eigenvalue weighted by Crippen LogP contribution is 2.36. The number of aliphatic hydroxyl groups excluding tert-OH is 1. The summed E-state index contributed by atoms with van der Waals surface area (Å²) in [7, 11) is 2.03. The SMILES string of the molecule is CN1CCc2nc(C(=O)NC3CC(C(=O)N4CC(O)C4)CCC3(N)C(=O)c3cc4cc(Cl)ccc4[nH]3)sc2C1. The average molecular weight is 571 g/mol. The molecule has 0 spiro atoms. The normalized spacial score (nSPS) is 25.8. The molecule has 4 heterocycles. The molecule has 3 atom stereocenters. The monoisotopic (exact) mass is 570 g/mol. The number of nitrogens with zero attached hydrogens (tertiary/aromatic N) is 3. The molecular formula is C27H31ClN6O4S. The summed E-state index contributed by atoms with van der Waals surface area (Å²) < 4.78 is 0. The molecule has 2 aliphatic heterocycles. The molecule has 1 aliphatic carbocycles. The number of nitrogens with two attached hydrogens (primary N) is 1. The molecule has 10 nitrogen and oxygen atoms in total. The lowest BCUT2D eigenvalue weighted by molar-refractivity contribution is -0.147. The highest BCUT2D eigenvalue weighted by atomic mass is 35.5. The average Bonchev–Trinajstić information content (AvgIpc) is 3.50. The van der Waals surface area contributed by atoms with Gasteiger partial charge in [-0.3, -0.25) is 14.4 Å². The van der Waals surface area contributed by atoms with Gasteiger partial charge in [0.2, 0.25) is 11.7 Å². The molecule has 39 heavy (non-hydrogen) atoms. The summed E-state index contributed by atoms with van der Waals surface area (Å²) >= 11 is 7.49. The molecule has 2 amide bonds. The van der Waals surface area contributed by atoms with Crippen LogP contribution in [0.15, 0.2) is 24.3 Å². The third-order valence-corrected chi connectivity index (χ3v) is 9.56. The molecule has 2 aromatic heterocycles. The van der Waals surface area contributed by atoms with Crippen LogP contribution >= 0.6 is 22.9 Å². The second-order valence-electron chi connectivity index (χ2n) is 11.1. The van der Waals surface area contributed by atoms with Gasteiger partial charge in [0.05, 0.1) is 23.5 Å². The summed E-state index contributed by atoms with van der Waals surface area (Å²) in [5.41, 5.74) is 7.47. The number of Topliss-reactive ketones (excluding diaryl/α,β-unsaturated/α-hetero) is 1. The number of thiazole rings is 1. The summed E-state index contributed by atoms with van der Waals surface area (Å²) in [6, 6.07) is 6.25. The van der Waals surface area contributed by atoms with Crippen LogP contribution in [0.4, 0.5) is 0 Å². The van der Waals surface area contributed by atoms with Crippen LogP contribution in [-0.2, 0) is 17.8 Å². The molecule has 3 aromatic rings. The summed E-state index contributed by atoms with van der Waals surface area (Å²) in [5, 5.41) is 14.4. The van der Waals surface area contributed by atoms with Crippen molar-refractivity contribution in [2.75, 3.05) is 26.7 Å². The standard InChI is InChI=1S/C27H31ClN6O4S/c1-33-7-5-19-21(13-33)39-25(31-19)24(37)32-22-10-14(26(38)34-11-17(35)12-34)4-6-27(22,29)23(36)20-9-15-8-16(28)2-3-18(15)30-20/h2-3,8-9,14,17,22,30,35H,4-7,10-13,29H2,1H3,(H,32,37). The highest BCUT2D eigenvalue weighted by molar-refractivity contribution is 7.13. The van der Waals surface area contributed by atoms with Crippen molar-refractivity contribution >= 4 is 51.4 Å². The van der Waals surface area contributed by atoms with E-state index in [1.165, 1.54) is 11.3 Å². The summed E-state index contributed by atoms with van der Waals surface area (Å²) in [6.07, 6.45) is 1.12. The van der Waals surface area contributed by atoms with Crippen LogP contribution in [0, 0.1) is 5.92 Å². The molecule has 2 fully saturated rings. The summed E-state index contributed by atoms with van der Waals surface area (Å²) in [4.78, 5) is 53.1. The minimum atomic E-state index is -1.43. The van der Waals surface area contributed by atoms with E-state index >= 15 is 0 Å². The number of likely N-dealkylation sites (N-methyl/N-ethyl adjacent to an activating group) is 1. The van der Waals surface area contributed by atoms with Gasteiger partial charge in [-0.2, -0.15) is 0 Å². The molecular weight excluding hydrogens is 540 g/mol. The Bertz CT molecular complexity index is 1470. The quantitative estimate of drug-likeness (QED) is 0.343. The number of carbonyl (C=O) groups is 3. The maximum Gasteiger partial charge on any atom is 0.280 e. The lowest BCUT2D eigenvalue weighted by Crippen LogP contribution is -2.67. The van der Waals surface area contributed by atoms with E-state index in [1.54, 1.807) is 29.2 Å². The number of benzene rings is 1. The van der Waals surface area contributed by atoms with E-state index in [9.17, 15) is 19.5 Å². The lowest BCUT2D eigenvalue weighted by Gasteiger charge is -2.45. The number of carbonyl (C=O) groups excluding carboxylic acids is 3. The number of amides is 2. The predicted molar refractivity (Wildman–Crippen MR) is 148 cm³/mol. The first-order valence-electron chi connectivity index (χ1n) is 13.2. The molecule has 206 valence electrons. The second kappa shape index (κ2) is 9.97. The van der Waals surface area contributed by atoms with Crippen LogP contribution < -0.4 is 11.1 Å². The van der Waals surface area contributed by atoms with Crippen molar-refractivity contribution in [1.29, 1.82) is 0 Å². The van der Waals surface area contributed by atoms with Gasteiger partial charge in [0.15, 0.2) is 5.01 Å². The van der Waals surface area contributed by atoms with Gasteiger partial charge >= 0.3 is 0 Å². The van der Waals surface area contributed by atoms with Gasteiger partial charge in [0, 0.05) is 59.3 Å². The van der Waals surface area contributed by atoms with Gasteiger partial charge in [-0.15, -0.1) is 11.3 Å². The first-order chi connectivity index (χ1) is 18.6. The van der Waals surface area contributed by atoms with E-state index in [-0.39, 0.29) is 30.4 Å². The fourth-order valence-corrected chi connectivity index (χ4v) is 7.17. The molecule has 1 saturated carbocycles. The van der Waals surface area contributed by atoms with Crippen molar-refractivity contribution < 1.29 is 19.5 Å². The molecule has 5 N–H and O–H groups in total. The number of ketones is 1. The first-order valence-corrected chi connectivity index (χ1v) is 14.4. The van der Waals surface area contributed by atoms with E-state index < -0.39 is 23.6 Å². The van der Waals surface area contributed by atoms with Crippen molar-refractivity contribution in [2.24, 2.45) is 11.7 Å². The molecule has 1 aromatic carbocycles. The number of aromatic amines is 1. The largest absolute Gasteiger partial charge is 0.389 e. The van der Waals surface area contributed by atoms with Crippen molar-refractivity contribution in [3.05, 3.63) is 50.6 Å². The minimum Gasteiger partial charge on any atom is -0.389 e. The first kappa shape index (κ1) is 26.4. The van der Waals surface area contributed by atoms with Gasteiger partial charge in [-0.25, -0.2) is 4.98 Å². The fourth-order valence-electron chi connectivity index (χ4n) is 5.89. The molecule has 6 rings (SSSR count). The number of likely N-dealkylation sites (tertiary alicyclic amines) is 1. The highest BCUT2D eigenvalue weighted by Gasteiger charge is 2.50. The Balaban J connectivity index is 1.28. The van der Waals surface area contributed by atoms with E-state index in [1.807, 2.05) is 7.05 Å². The lowest BCUT2D eigenvalue weighted by atomic mass is 9.70. The molecule has 3 unspecified atom stereocenters. The van der Waals surface area contributed by atoms with Crippen LogP contribution in [0.1, 0.15) is 50.1 Å². The van der Waals surface area contributed by atoms with Crippen LogP contribution in [0.25, 0.3) is 10.9 Å². The zero-order valence-corrected chi connectivity index (χ0v) is 23.1. The van der Waals surface area contributed by atoms with Gasteiger partial charge < -0.3 is 30.9 Å². The Hall–Kier alpha value is -2.83. The van der Waals surface area contributed by atoms with Crippen LogP contribution in [0.5, 0.6) is 0 Å². The van der Waals surface area contributed by atoms with E-state index in [2.05, 4.69) is 20.2 Å². The zero-order valence-electron chi connectivity index (χ0n) is 21.6. The number of hydrogen-bond donors (Lipinski definition) is 4. The van der Waals surface area contributed by atoms with E-state index in [0.717, 1.165) is 41.0 Å². The maximum atomic E-state index is 13.9. The summed E-state index contributed by atoms with van der Waals surface area (Å²) in [6.45, 7) is 2.23. The Morgan fingerprint density at radius 2 is 2.08 bits per heavy atom. The number of β-amino-alcohol motifs (C(OH)–C–C–N with tert-alkyl or cyclic N) is 1. The number of aliphatic hydroxyl groups is 1. The van der Waals surface area contributed by atoms with Crippen molar-refractivity contribution in [1.82, 2.24) is 25.1 Å². The van der Waals surface area contributed by atoms with Crippen molar-refractivity contribution in [2.45, 2.75) is 49.9 Å². The fraction of sp³-hybridized carbons (Fsp3) is 0.481. The third kappa shape index (κ3) is 4.87. The smallest absolute Gasteiger partial charge is 0.280 e. The third-order valence-electron chi connectivity index (χ3n) is 8.24. The van der Waals surface area contributed by atoms with Crippen molar-refractivity contribution in [3.63, 3.8) is 0 Å². The predicted octanol–water partition coefficient (Wildman–Crippen LogP) is 1.95. The topological polar surface area (TPSA) is 145 Å². The van der Waals surface area contributed by atoms with Crippen LogP contribution in [-0.4, -0.2) is 86.8 Å². The van der Waals surface area contributed by atoms with Crippen LogP contribution in [0.2, 0.25) is 5.02 Å². The number of nitrogens with one attached hydrogen (secondary N) is 2. The second-order valence-corrected chi connectivity index (χ2v) is 12.6. The number of hydrogen-bond acceptors (Lipinski definition) is 8. The Morgan fingerprint density at radius 1 is 1.28 bits per heavy atom. The number of H-pyrrole nitrogens is 1. The Morgan fingerprint density at radius 3 is 2.85 bits per heavy atom. The van der Waals surface area contributed by atoms with Crippen molar-refractivity contribution in [3.8, 4) is 0 Å². The molecule has 1 saturated heterocycles. The zero-order chi connectivity index (χ0) is 27.5. The van der Waals surface area contributed by atoms with Crippen LogP contribution in [0.3, 0.4) is 0 Å². The summed E-state index contributed by atoms with van der Waals surface area (Å²) in [5.74, 6) is -1.21.